The molecule has 0 unspecified atom stereocenters. The summed E-state index contributed by atoms with van der Waals surface area (Å²) in [5.41, 5.74) is 2.43. The van der Waals surface area contributed by atoms with Crippen LogP contribution in [0.5, 0.6) is 0 Å². The van der Waals surface area contributed by atoms with Crippen LogP contribution >= 0.6 is 0 Å². The number of β-amino-alcohol motifs (C(OH)–C–C–N with tert-alkyl or cyclic N) is 1. The summed E-state index contributed by atoms with van der Waals surface area (Å²) in [5.74, 6) is 0.138. The number of carbonyl (C=O) groups excluding carboxylic acids is 2. The van der Waals surface area contributed by atoms with Gasteiger partial charge in [-0.15, -0.1) is 0 Å². The van der Waals surface area contributed by atoms with Gasteiger partial charge in [-0.25, -0.2) is 0 Å². The minimum absolute atomic E-state index is 0.0866. The second kappa shape index (κ2) is 6.79. The Bertz CT molecular complexity index is 686. The van der Waals surface area contributed by atoms with Crippen molar-refractivity contribution in [3.05, 3.63) is 34.9 Å². The number of hydrogen-bond donors (Lipinski definition) is 1. The maximum atomic E-state index is 13.0. The second-order valence-electron chi connectivity index (χ2n) is 7.69. The lowest BCUT2D eigenvalue weighted by molar-refractivity contribution is -0.160. The first-order chi connectivity index (χ1) is 11.8. The molecular weight excluding hydrogens is 316 g/mol. The number of fused-ring (bicyclic) bond motifs is 1. The largest absolute Gasteiger partial charge is 0.378 e. The Morgan fingerprint density at radius 3 is 2.64 bits per heavy atom. The van der Waals surface area contributed by atoms with Crippen molar-refractivity contribution in [1.29, 1.82) is 0 Å². The lowest BCUT2D eigenvalue weighted by Gasteiger charge is -2.41. The Balaban J connectivity index is 1.78. The van der Waals surface area contributed by atoms with E-state index in [1.165, 1.54) is 23.6 Å². The molecule has 0 spiro atoms. The van der Waals surface area contributed by atoms with E-state index in [1.54, 1.807) is 9.80 Å². The number of carbonyl (C=O) groups is 2. The summed E-state index contributed by atoms with van der Waals surface area (Å²) in [5, 5.41) is 10.9. The fraction of sp³-hybridized carbons (Fsp3) is 0.600. The van der Waals surface area contributed by atoms with Crippen LogP contribution in [-0.2, 0) is 22.6 Å². The monoisotopic (exact) mass is 344 g/mol. The average Bonchev–Trinajstić information content (AvgIpc) is 2.59. The first-order valence-corrected chi connectivity index (χ1v) is 9.20. The average molecular weight is 344 g/mol. The van der Waals surface area contributed by atoms with Crippen molar-refractivity contribution >= 4 is 11.8 Å². The number of amides is 2. The number of hydrogen-bond acceptors (Lipinski definition) is 3. The molecule has 0 aromatic heterocycles. The van der Waals surface area contributed by atoms with Gasteiger partial charge in [0.2, 0.25) is 5.91 Å². The molecule has 1 atom stereocenters. The molecule has 1 fully saturated rings. The van der Waals surface area contributed by atoms with Gasteiger partial charge >= 0.3 is 0 Å². The van der Waals surface area contributed by atoms with E-state index in [1.807, 2.05) is 0 Å². The van der Waals surface area contributed by atoms with Crippen LogP contribution in [0.3, 0.4) is 0 Å². The third kappa shape index (κ3) is 3.43. The number of aliphatic hydroxyl groups is 1. The molecule has 0 radical (unpaired) electrons. The second-order valence-corrected chi connectivity index (χ2v) is 7.69. The predicted molar refractivity (Wildman–Crippen MR) is 96.1 cm³/mol. The Morgan fingerprint density at radius 2 is 1.96 bits per heavy atom. The smallest absolute Gasteiger partial charge is 0.256 e. The number of piperidine rings is 1. The summed E-state index contributed by atoms with van der Waals surface area (Å²) in [6, 6.07) is 6.29. The Kier molecular flexibility index (Phi) is 4.87. The lowest BCUT2D eigenvalue weighted by Crippen LogP contribution is -2.59. The van der Waals surface area contributed by atoms with Crippen LogP contribution in [0.4, 0.5) is 0 Å². The van der Waals surface area contributed by atoms with Crippen molar-refractivity contribution < 1.29 is 14.7 Å². The number of rotatable bonds is 2. The molecule has 1 aromatic carbocycles. The van der Waals surface area contributed by atoms with Gasteiger partial charge in [-0.2, -0.15) is 0 Å². The molecule has 1 saturated heterocycles. The maximum absolute atomic E-state index is 13.0. The highest BCUT2D eigenvalue weighted by atomic mass is 16.3. The summed E-state index contributed by atoms with van der Waals surface area (Å²) >= 11 is 0. The molecule has 25 heavy (non-hydrogen) atoms. The molecule has 5 heteroatoms. The van der Waals surface area contributed by atoms with Crippen molar-refractivity contribution in [2.75, 3.05) is 19.6 Å². The maximum Gasteiger partial charge on any atom is 0.256 e. The van der Waals surface area contributed by atoms with E-state index in [0.29, 0.717) is 38.4 Å². The molecule has 2 aliphatic heterocycles. The van der Waals surface area contributed by atoms with Crippen molar-refractivity contribution in [3.8, 4) is 0 Å². The van der Waals surface area contributed by atoms with Gasteiger partial charge in [0, 0.05) is 26.6 Å². The Hall–Kier alpha value is -1.88. The van der Waals surface area contributed by atoms with Gasteiger partial charge in [-0.05, 0) is 41.9 Å². The minimum atomic E-state index is -1.45. The van der Waals surface area contributed by atoms with Gasteiger partial charge in [0.25, 0.3) is 5.91 Å². The standard InChI is InChI=1S/C20H28N2O3/c1-14(2)17-7-4-6-16-12-21(11-8-18(16)17)19(24)20(25)9-5-10-22(13-20)15(3)23/h4,6-7,14,25H,5,8-13H2,1-3H3/t20-/m1/s1. The van der Waals surface area contributed by atoms with Gasteiger partial charge in [0.15, 0.2) is 5.60 Å². The van der Waals surface area contributed by atoms with Gasteiger partial charge in [-0.3, -0.25) is 9.59 Å². The number of nitrogens with zero attached hydrogens (tertiary/aromatic N) is 2. The molecule has 0 bridgehead atoms. The summed E-state index contributed by atoms with van der Waals surface area (Å²) in [6.45, 7) is 7.75. The van der Waals surface area contributed by atoms with Crippen molar-refractivity contribution in [3.63, 3.8) is 0 Å². The van der Waals surface area contributed by atoms with Crippen molar-refractivity contribution in [2.45, 2.75) is 58.1 Å². The SMILES string of the molecule is CC(=O)N1CCC[C@](O)(C(=O)N2CCc3c(cccc3C(C)C)C2)C1. The zero-order valence-electron chi connectivity index (χ0n) is 15.4. The molecule has 2 heterocycles. The topological polar surface area (TPSA) is 60.9 Å². The molecule has 1 aromatic rings. The Labute approximate surface area is 149 Å². The predicted octanol–water partition coefficient (Wildman–Crippen LogP) is 2.07. The van der Waals surface area contributed by atoms with E-state index in [9.17, 15) is 14.7 Å². The molecule has 2 aliphatic rings. The quantitative estimate of drug-likeness (QED) is 0.893. The number of benzene rings is 1. The molecule has 136 valence electrons. The van der Waals surface area contributed by atoms with E-state index in [0.717, 1.165) is 6.42 Å². The Morgan fingerprint density at radius 1 is 1.20 bits per heavy atom. The highest BCUT2D eigenvalue weighted by Crippen LogP contribution is 2.30. The van der Waals surface area contributed by atoms with Crippen LogP contribution < -0.4 is 0 Å². The van der Waals surface area contributed by atoms with Crippen LogP contribution in [0.15, 0.2) is 18.2 Å². The molecule has 2 amide bonds. The highest BCUT2D eigenvalue weighted by Gasteiger charge is 2.44. The first-order valence-electron chi connectivity index (χ1n) is 9.20. The van der Waals surface area contributed by atoms with Gasteiger partial charge in [0.05, 0.1) is 6.54 Å². The van der Waals surface area contributed by atoms with Crippen LogP contribution in [0, 0.1) is 0 Å². The van der Waals surface area contributed by atoms with E-state index in [-0.39, 0.29) is 18.4 Å². The van der Waals surface area contributed by atoms with Crippen molar-refractivity contribution in [1.82, 2.24) is 9.80 Å². The summed E-state index contributed by atoms with van der Waals surface area (Å²) in [7, 11) is 0. The van der Waals surface area contributed by atoms with E-state index in [4.69, 9.17) is 0 Å². The zero-order chi connectivity index (χ0) is 18.2. The van der Waals surface area contributed by atoms with Gasteiger partial charge < -0.3 is 14.9 Å². The van der Waals surface area contributed by atoms with E-state index < -0.39 is 5.60 Å². The molecule has 5 nitrogen and oxygen atoms in total. The zero-order valence-corrected chi connectivity index (χ0v) is 15.4. The molecule has 0 aliphatic carbocycles. The minimum Gasteiger partial charge on any atom is -0.378 e. The summed E-state index contributed by atoms with van der Waals surface area (Å²) in [4.78, 5) is 28.0. The molecular formula is C20H28N2O3. The van der Waals surface area contributed by atoms with Crippen molar-refractivity contribution in [2.24, 2.45) is 0 Å². The highest BCUT2D eigenvalue weighted by molar-refractivity contribution is 5.86. The number of likely N-dealkylation sites (tertiary alicyclic amines) is 1. The molecule has 1 N–H and O–H groups in total. The van der Waals surface area contributed by atoms with Gasteiger partial charge in [0.1, 0.15) is 0 Å². The van der Waals surface area contributed by atoms with E-state index >= 15 is 0 Å². The van der Waals surface area contributed by atoms with Crippen LogP contribution in [0.25, 0.3) is 0 Å². The normalized spacial score (nSPS) is 23.6. The molecule has 3 rings (SSSR count). The lowest BCUT2D eigenvalue weighted by atomic mass is 9.87. The van der Waals surface area contributed by atoms with E-state index in [2.05, 4.69) is 32.0 Å². The fourth-order valence-electron chi connectivity index (χ4n) is 4.13. The first kappa shape index (κ1) is 17.9. The fourth-order valence-corrected chi connectivity index (χ4v) is 4.13. The van der Waals surface area contributed by atoms with Gasteiger partial charge in [-0.1, -0.05) is 32.0 Å². The third-order valence-electron chi connectivity index (χ3n) is 5.53. The summed E-state index contributed by atoms with van der Waals surface area (Å²) < 4.78 is 0. The van der Waals surface area contributed by atoms with Crippen LogP contribution in [0.2, 0.25) is 0 Å². The summed E-state index contributed by atoms with van der Waals surface area (Å²) in [6.07, 6.45) is 1.90. The van der Waals surface area contributed by atoms with Crippen LogP contribution in [-0.4, -0.2) is 52.0 Å². The third-order valence-corrected chi connectivity index (χ3v) is 5.53. The molecule has 0 saturated carbocycles. The van der Waals surface area contributed by atoms with Crippen LogP contribution in [0.1, 0.15) is 56.2 Å².